The molecule has 1 aliphatic heterocycles. The minimum atomic E-state index is -0.402. The fourth-order valence-electron chi connectivity index (χ4n) is 3.17. The van der Waals surface area contributed by atoms with Gasteiger partial charge in [0.2, 0.25) is 11.8 Å². The Morgan fingerprint density at radius 2 is 2.19 bits per heavy atom. The van der Waals surface area contributed by atoms with Gasteiger partial charge in [0.05, 0.1) is 19.2 Å². The zero-order chi connectivity index (χ0) is 18.6. The molecule has 142 valence electrons. The third-order valence-corrected chi connectivity index (χ3v) is 4.53. The summed E-state index contributed by atoms with van der Waals surface area (Å²) >= 11 is 0. The van der Waals surface area contributed by atoms with Crippen molar-refractivity contribution in [2.75, 3.05) is 26.8 Å². The number of rotatable bonds is 7. The van der Waals surface area contributed by atoms with E-state index < -0.39 is 6.04 Å². The largest absolute Gasteiger partial charge is 0.441 e. The first-order chi connectivity index (χ1) is 13.2. The summed E-state index contributed by atoms with van der Waals surface area (Å²) < 4.78 is 16.1. The van der Waals surface area contributed by atoms with E-state index in [4.69, 9.17) is 13.7 Å². The lowest BCUT2D eigenvalue weighted by Crippen LogP contribution is -2.55. The van der Waals surface area contributed by atoms with E-state index in [0.29, 0.717) is 56.7 Å². The lowest BCUT2D eigenvalue weighted by atomic mass is 10.1. The van der Waals surface area contributed by atoms with Crippen LogP contribution in [0.5, 0.6) is 0 Å². The number of hydrogen-bond donors (Lipinski definition) is 1. The van der Waals surface area contributed by atoms with Crippen LogP contribution < -0.4 is 5.32 Å². The van der Waals surface area contributed by atoms with Crippen LogP contribution >= 0.6 is 0 Å². The van der Waals surface area contributed by atoms with Crippen LogP contribution in [0, 0.1) is 0 Å². The highest BCUT2D eigenvalue weighted by molar-refractivity contribution is 5.82. The third-order valence-electron chi connectivity index (χ3n) is 4.53. The Balaban J connectivity index is 1.48. The van der Waals surface area contributed by atoms with Gasteiger partial charge in [0.15, 0.2) is 17.3 Å². The van der Waals surface area contributed by atoms with E-state index in [1.165, 1.54) is 0 Å². The highest BCUT2D eigenvalue weighted by Crippen LogP contribution is 2.19. The summed E-state index contributed by atoms with van der Waals surface area (Å²) in [6.07, 6.45) is 0.970. The van der Waals surface area contributed by atoms with Crippen LogP contribution in [0.2, 0.25) is 0 Å². The Morgan fingerprint density at radius 1 is 1.30 bits per heavy atom. The van der Waals surface area contributed by atoms with Gasteiger partial charge in [-0.2, -0.15) is 4.98 Å². The second-order valence-electron chi connectivity index (χ2n) is 6.40. The average Bonchev–Trinajstić information content (AvgIpc) is 3.29. The molecule has 9 nitrogen and oxygen atoms in total. The zero-order valence-electron chi connectivity index (χ0n) is 15.1. The van der Waals surface area contributed by atoms with Gasteiger partial charge < -0.3 is 19.0 Å². The number of oxazole rings is 1. The number of ether oxygens (including phenoxy) is 1. The van der Waals surface area contributed by atoms with Crippen molar-refractivity contribution in [2.45, 2.75) is 25.4 Å². The molecule has 27 heavy (non-hydrogen) atoms. The molecule has 0 aliphatic carbocycles. The number of piperazine rings is 1. The highest BCUT2D eigenvalue weighted by Gasteiger charge is 2.32. The van der Waals surface area contributed by atoms with Gasteiger partial charge in [0.25, 0.3) is 0 Å². The molecule has 3 heterocycles. The number of carbonyl (C=O) groups excluding carboxylic acids is 1. The summed E-state index contributed by atoms with van der Waals surface area (Å²) in [5, 5.41) is 6.85. The molecule has 0 spiro atoms. The number of carbonyl (C=O) groups is 1. The van der Waals surface area contributed by atoms with E-state index in [1.807, 2.05) is 29.2 Å². The Labute approximate surface area is 155 Å². The summed E-state index contributed by atoms with van der Waals surface area (Å²) in [6, 6.07) is 7.16. The van der Waals surface area contributed by atoms with Crippen LogP contribution in [0.4, 0.5) is 0 Å². The van der Waals surface area contributed by atoms with Crippen molar-refractivity contribution < 1.29 is 18.5 Å². The van der Waals surface area contributed by atoms with Gasteiger partial charge in [-0.15, -0.1) is 0 Å². The molecule has 4 rings (SSSR count). The van der Waals surface area contributed by atoms with Crippen molar-refractivity contribution in [3.05, 3.63) is 41.9 Å². The minimum Gasteiger partial charge on any atom is -0.441 e. The van der Waals surface area contributed by atoms with Gasteiger partial charge in [0, 0.05) is 33.0 Å². The fourth-order valence-corrected chi connectivity index (χ4v) is 3.17. The van der Waals surface area contributed by atoms with Crippen LogP contribution in [-0.4, -0.2) is 58.8 Å². The van der Waals surface area contributed by atoms with Crippen LogP contribution in [-0.2, 0) is 28.9 Å². The van der Waals surface area contributed by atoms with Gasteiger partial charge in [-0.25, -0.2) is 4.98 Å². The summed E-state index contributed by atoms with van der Waals surface area (Å²) in [5.74, 6) is 1.57. The summed E-state index contributed by atoms with van der Waals surface area (Å²) in [4.78, 5) is 23.3. The van der Waals surface area contributed by atoms with Gasteiger partial charge >= 0.3 is 0 Å². The quantitative estimate of drug-likeness (QED) is 0.654. The average molecular weight is 371 g/mol. The van der Waals surface area contributed by atoms with Crippen molar-refractivity contribution in [1.82, 2.24) is 25.3 Å². The van der Waals surface area contributed by atoms with Crippen LogP contribution in [0.1, 0.15) is 17.6 Å². The zero-order valence-corrected chi connectivity index (χ0v) is 15.1. The molecule has 0 saturated carbocycles. The summed E-state index contributed by atoms with van der Waals surface area (Å²) in [5.41, 5.74) is 1.50. The molecule has 1 N–H and O–H groups in total. The van der Waals surface area contributed by atoms with E-state index in [-0.39, 0.29) is 5.91 Å². The van der Waals surface area contributed by atoms with Gasteiger partial charge in [0.1, 0.15) is 5.52 Å². The maximum atomic E-state index is 12.5. The molecule has 1 aliphatic rings. The normalized spacial score (nSPS) is 18.1. The molecule has 9 heteroatoms. The minimum absolute atomic E-state index is 0.0531. The van der Waals surface area contributed by atoms with Crippen LogP contribution in [0.15, 0.2) is 33.2 Å². The molecule has 2 aromatic heterocycles. The Kier molecular flexibility index (Phi) is 5.12. The molecular weight excluding hydrogens is 350 g/mol. The van der Waals surface area contributed by atoms with E-state index >= 15 is 0 Å². The van der Waals surface area contributed by atoms with Crippen molar-refractivity contribution in [2.24, 2.45) is 0 Å². The molecular formula is C18H21N5O4. The maximum Gasteiger partial charge on any atom is 0.240 e. The molecule has 1 saturated heterocycles. The molecule has 3 aromatic rings. The lowest BCUT2D eigenvalue weighted by molar-refractivity contribution is -0.129. The van der Waals surface area contributed by atoms with Crippen molar-refractivity contribution in [1.29, 1.82) is 0 Å². The van der Waals surface area contributed by atoms with E-state index in [1.54, 1.807) is 7.11 Å². The number of para-hydroxylation sites is 2. The smallest absolute Gasteiger partial charge is 0.240 e. The standard InChI is InChI=1S/C18H21N5O4/c1-25-9-6-15-21-17(27-22-15)11-23-8-7-19-18(24)13(23)10-16-20-12-4-2-3-5-14(12)26-16/h2-5,13H,6-11H2,1H3,(H,19,24). The van der Waals surface area contributed by atoms with Crippen molar-refractivity contribution >= 4 is 17.0 Å². The summed E-state index contributed by atoms with van der Waals surface area (Å²) in [7, 11) is 1.63. The van der Waals surface area contributed by atoms with Gasteiger partial charge in [-0.3, -0.25) is 9.69 Å². The lowest BCUT2D eigenvalue weighted by Gasteiger charge is -2.33. The number of methoxy groups -OCH3 is 1. The van der Waals surface area contributed by atoms with Crippen LogP contribution in [0.3, 0.4) is 0 Å². The first kappa shape index (κ1) is 17.6. The number of nitrogens with one attached hydrogen (secondary N) is 1. The molecule has 1 amide bonds. The molecule has 0 radical (unpaired) electrons. The second kappa shape index (κ2) is 7.85. The molecule has 1 fully saturated rings. The Hall–Kier alpha value is -2.78. The SMILES string of the molecule is COCCc1noc(CN2CCNC(=O)C2Cc2nc3ccccc3o2)n1. The maximum absolute atomic E-state index is 12.5. The molecule has 1 unspecified atom stereocenters. The second-order valence-corrected chi connectivity index (χ2v) is 6.40. The monoisotopic (exact) mass is 371 g/mol. The van der Waals surface area contributed by atoms with Gasteiger partial charge in [-0.05, 0) is 12.1 Å². The van der Waals surface area contributed by atoms with E-state index in [9.17, 15) is 4.79 Å². The first-order valence-corrected chi connectivity index (χ1v) is 8.89. The van der Waals surface area contributed by atoms with Crippen LogP contribution in [0.25, 0.3) is 11.1 Å². The number of hydrogen-bond acceptors (Lipinski definition) is 8. The number of amides is 1. The molecule has 1 aromatic carbocycles. The van der Waals surface area contributed by atoms with Crippen molar-refractivity contribution in [3.8, 4) is 0 Å². The van der Waals surface area contributed by atoms with Crippen molar-refractivity contribution in [3.63, 3.8) is 0 Å². The number of benzene rings is 1. The molecule has 1 atom stereocenters. The predicted molar refractivity (Wildman–Crippen MR) is 94.8 cm³/mol. The molecule has 0 bridgehead atoms. The fraction of sp³-hybridized carbons (Fsp3) is 0.444. The number of nitrogens with zero attached hydrogens (tertiary/aromatic N) is 4. The predicted octanol–water partition coefficient (Wildman–Crippen LogP) is 0.943. The Morgan fingerprint density at radius 3 is 3.04 bits per heavy atom. The number of fused-ring (bicyclic) bond motifs is 1. The number of aromatic nitrogens is 3. The highest BCUT2D eigenvalue weighted by atomic mass is 16.5. The Bertz CT molecular complexity index is 888. The topological polar surface area (TPSA) is 107 Å². The van der Waals surface area contributed by atoms with Gasteiger partial charge in [-0.1, -0.05) is 17.3 Å². The summed E-state index contributed by atoms with van der Waals surface area (Å²) in [6.45, 7) is 2.20. The van der Waals surface area contributed by atoms with E-state index in [2.05, 4.69) is 20.4 Å². The first-order valence-electron chi connectivity index (χ1n) is 8.89. The van der Waals surface area contributed by atoms with E-state index in [0.717, 1.165) is 11.1 Å². The third kappa shape index (κ3) is 3.99.